The van der Waals surface area contributed by atoms with Gasteiger partial charge in [-0.2, -0.15) is 0 Å². The Balaban J connectivity index is 2.64. The molecule has 1 aromatic carbocycles. The Morgan fingerprint density at radius 2 is 1.93 bits per heavy atom. The van der Waals surface area contributed by atoms with Crippen LogP contribution in [-0.4, -0.2) is 6.04 Å². The lowest BCUT2D eigenvalue weighted by Gasteiger charge is -2.19. The molecule has 78 valence electrons. The van der Waals surface area contributed by atoms with Crippen LogP contribution >= 0.6 is 0 Å². The quantitative estimate of drug-likeness (QED) is 0.778. The summed E-state index contributed by atoms with van der Waals surface area (Å²) in [5, 5.41) is 0. The molecule has 0 aliphatic heterocycles. The van der Waals surface area contributed by atoms with Crippen molar-refractivity contribution in [3.05, 3.63) is 35.4 Å². The summed E-state index contributed by atoms with van der Waals surface area (Å²) in [6, 6.07) is 8.79. The van der Waals surface area contributed by atoms with Crippen LogP contribution < -0.4 is 5.73 Å². The maximum absolute atomic E-state index is 6.13. The van der Waals surface area contributed by atoms with E-state index in [0.29, 0.717) is 12.0 Å². The van der Waals surface area contributed by atoms with E-state index in [1.807, 2.05) is 0 Å². The van der Waals surface area contributed by atoms with Gasteiger partial charge in [0.05, 0.1) is 0 Å². The Hall–Kier alpha value is -0.820. The summed E-state index contributed by atoms with van der Waals surface area (Å²) < 4.78 is 0. The van der Waals surface area contributed by atoms with Gasteiger partial charge < -0.3 is 5.73 Å². The van der Waals surface area contributed by atoms with Gasteiger partial charge in [-0.15, -0.1) is 0 Å². The van der Waals surface area contributed by atoms with Crippen LogP contribution in [0, 0.1) is 12.8 Å². The Bertz CT molecular complexity index is 280. The zero-order valence-electron chi connectivity index (χ0n) is 9.46. The second-order valence-corrected chi connectivity index (χ2v) is 4.18. The third-order valence-electron chi connectivity index (χ3n) is 3.09. The second kappa shape index (κ2) is 5.16. The van der Waals surface area contributed by atoms with E-state index in [4.69, 9.17) is 5.73 Å². The van der Waals surface area contributed by atoms with E-state index in [0.717, 1.165) is 12.8 Å². The maximum Gasteiger partial charge on any atom is 0.0105 e. The van der Waals surface area contributed by atoms with Gasteiger partial charge in [-0.25, -0.2) is 0 Å². The van der Waals surface area contributed by atoms with Crippen molar-refractivity contribution in [2.24, 2.45) is 11.7 Å². The summed E-state index contributed by atoms with van der Waals surface area (Å²) in [4.78, 5) is 0. The predicted octanol–water partition coefficient (Wildman–Crippen LogP) is 2.91. The monoisotopic (exact) mass is 191 g/mol. The van der Waals surface area contributed by atoms with Crippen LogP contribution in [0.5, 0.6) is 0 Å². The molecule has 1 aromatic rings. The molecule has 2 atom stereocenters. The topological polar surface area (TPSA) is 26.0 Å². The molecule has 0 bridgehead atoms. The van der Waals surface area contributed by atoms with Gasteiger partial charge in [0.15, 0.2) is 0 Å². The summed E-state index contributed by atoms with van der Waals surface area (Å²) in [6.07, 6.45) is 2.16. The van der Waals surface area contributed by atoms with Gasteiger partial charge in [-0.3, -0.25) is 0 Å². The van der Waals surface area contributed by atoms with E-state index < -0.39 is 0 Å². The van der Waals surface area contributed by atoms with Crippen molar-refractivity contribution in [3.8, 4) is 0 Å². The molecular formula is C13H21N. The fourth-order valence-electron chi connectivity index (χ4n) is 1.60. The molecule has 0 fully saturated rings. The first-order valence-corrected chi connectivity index (χ1v) is 5.45. The molecule has 0 aromatic heterocycles. The first-order valence-electron chi connectivity index (χ1n) is 5.45. The van der Waals surface area contributed by atoms with E-state index in [-0.39, 0.29) is 0 Å². The van der Waals surface area contributed by atoms with Gasteiger partial charge in [0, 0.05) is 6.04 Å². The zero-order chi connectivity index (χ0) is 10.6. The third kappa shape index (κ3) is 2.85. The van der Waals surface area contributed by atoms with Crippen LogP contribution in [0.2, 0.25) is 0 Å². The van der Waals surface area contributed by atoms with Gasteiger partial charge >= 0.3 is 0 Å². The van der Waals surface area contributed by atoms with Gasteiger partial charge in [0.1, 0.15) is 0 Å². The summed E-state index contributed by atoms with van der Waals surface area (Å²) in [5.74, 6) is 0.606. The number of nitrogens with two attached hydrogens (primary N) is 1. The SMILES string of the molecule is CCC(C)C(N)Cc1ccccc1C. The highest BCUT2D eigenvalue weighted by molar-refractivity contribution is 5.26. The van der Waals surface area contributed by atoms with Crippen LogP contribution in [0.1, 0.15) is 31.4 Å². The predicted molar refractivity (Wildman–Crippen MR) is 62.3 cm³/mol. The summed E-state index contributed by atoms with van der Waals surface area (Å²) in [6.45, 7) is 6.57. The molecule has 14 heavy (non-hydrogen) atoms. The van der Waals surface area contributed by atoms with E-state index in [9.17, 15) is 0 Å². The molecule has 1 rings (SSSR count). The van der Waals surface area contributed by atoms with Crippen molar-refractivity contribution >= 4 is 0 Å². The highest BCUT2D eigenvalue weighted by atomic mass is 14.6. The van der Waals surface area contributed by atoms with Crippen molar-refractivity contribution in [2.45, 2.75) is 39.7 Å². The van der Waals surface area contributed by atoms with Crippen molar-refractivity contribution in [1.29, 1.82) is 0 Å². The van der Waals surface area contributed by atoms with Gasteiger partial charge in [-0.1, -0.05) is 44.5 Å². The molecule has 0 amide bonds. The van der Waals surface area contributed by atoms with E-state index in [1.54, 1.807) is 0 Å². The lowest BCUT2D eigenvalue weighted by Crippen LogP contribution is -2.30. The smallest absolute Gasteiger partial charge is 0.0105 e. The maximum atomic E-state index is 6.13. The van der Waals surface area contributed by atoms with Crippen molar-refractivity contribution in [1.82, 2.24) is 0 Å². The third-order valence-corrected chi connectivity index (χ3v) is 3.09. The number of aryl methyl sites for hydroxylation is 1. The number of benzene rings is 1. The van der Waals surface area contributed by atoms with Crippen LogP contribution in [0.3, 0.4) is 0 Å². The minimum Gasteiger partial charge on any atom is -0.327 e. The molecule has 0 radical (unpaired) electrons. The molecule has 1 heteroatoms. The molecule has 1 nitrogen and oxygen atoms in total. The minimum absolute atomic E-state index is 0.293. The zero-order valence-corrected chi connectivity index (χ0v) is 9.46. The van der Waals surface area contributed by atoms with Crippen LogP contribution in [0.25, 0.3) is 0 Å². The Kier molecular flexibility index (Phi) is 4.15. The fraction of sp³-hybridized carbons (Fsp3) is 0.538. The summed E-state index contributed by atoms with van der Waals surface area (Å²) >= 11 is 0. The molecule has 0 spiro atoms. The Morgan fingerprint density at radius 3 is 2.50 bits per heavy atom. The molecule has 0 heterocycles. The molecule has 2 unspecified atom stereocenters. The summed E-state index contributed by atoms with van der Waals surface area (Å²) in [7, 11) is 0. The molecular weight excluding hydrogens is 170 g/mol. The van der Waals surface area contributed by atoms with Crippen molar-refractivity contribution in [3.63, 3.8) is 0 Å². The standard InChI is InChI=1S/C13H21N/c1-4-10(2)13(14)9-12-8-6-5-7-11(12)3/h5-8,10,13H,4,9,14H2,1-3H3. The first-order chi connectivity index (χ1) is 6.65. The Labute approximate surface area is 87.3 Å². The fourth-order valence-corrected chi connectivity index (χ4v) is 1.60. The van der Waals surface area contributed by atoms with Gasteiger partial charge in [0.2, 0.25) is 0 Å². The minimum atomic E-state index is 0.293. The normalized spacial score (nSPS) is 15.1. The van der Waals surface area contributed by atoms with E-state index in [1.165, 1.54) is 11.1 Å². The van der Waals surface area contributed by atoms with Crippen molar-refractivity contribution < 1.29 is 0 Å². The van der Waals surface area contributed by atoms with Crippen LogP contribution in [0.4, 0.5) is 0 Å². The molecule has 0 aliphatic carbocycles. The lowest BCUT2D eigenvalue weighted by atomic mass is 9.92. The van der Waals surface area contributed by atoms with Crippen LogP contribution in [0.15, 0.2) is 24.3 Å². The second-order valence-electron chi connectivity index (χ2n) is 4.18. The number of hydrogen-bond acceptors (Lipinski definition) is 1. The van der Waals surface area contributed by atoms with Gasteiger partial charge in [-0.05, 0) is 30.4 Å². The highest BCUT2D eigenvalue weighted by Crippen LogP contribution is 2.14. The Morgan fingerprint density at radius 1 is 1.29 bits per heavy atom. The number of hydrogen-bond donors (Lipinski definition) is 1. The lowest BCUT2D eigenvalue weighted by molar-refractivity contribution is 0.440. The van der Waals surface area contributed by atoms with Crippen LogP contribution in [-0.2, 0) is 6.42 Å². The van der Waals surface area contributed by atoms with Crippen molar-refractivity contribution in [2.75, 3.05) is 0 Å². The first kappa shape index (κ1) is 11.3. The van der Waals surface area contributed by atoms with E-state index >= 15 is 0 Å². The molecule has 2 N–H and O–H groups in total. The average Bonchev–Trinajstić information content (AvgIpc) is 2.20. The van der Waals surface area contributed by atoms with E-state index in [2.05, 4.69) is 45.0 Å². The molecule has 0 saturated carbocycles. The summed E-state index contributed by atoms with van der Waals surface area (Å²) in [5.41, 5.74) is 8.87. The highest BCUT2D eigenvalue weighted by Gasteiger charge is 2.11. The molecule has 0 saturated heterocycles. The average molecular weight is 191 g/mol. The van der Waals surface area contributed by atoms with Gasteiger partial charge in [0.25, 0.3) is 0 Å². The largest absolute Gasteiger partial charge is 0.327 e. The number of rotatable bonds is 4. The molecule has 0 aliphatic rings.